The summed E-state index contributed by atoms with van der Waals surface area (Å²) in [5, 5.41) is 0.139. The summed E-state index contributed by atoms with van der Waals surface area (Å²) in [6.45, 7) is 3.65. The van der Waals surface area contributed by atoms with Crippen molar-refractivity contribution in [1.82, 2.24) is 9.88 Å². The lowest BCUT2D eigenvalue weighted by Crippen LogP contribution is -2.55. The van der Waals surface area contributed by atoms with Gasteiger partial charge in [0.05, 0.1) is 26.5 Å². The highest BCUT2D eigenvalue weighted by molar-refractivity contribution is 6.36. The normalized spacial score (nSPS) is 20.9. The van der Waals surface area contributed by atoms with Crippen LogP contribution in [0.1, 0.15) is 35.8 Å². The molecule has 1 aromatic heterocycles. The number of hydrogen-bond donors (Lipinski definition) is 0. The van der Waals surface area contributed by atoms with Crippen LogP contribution in [0.2, 0.25) is 5.02 Å². The van der Waals surface area contributed by atoms with E-state index in [1.807, 2.05) is 25.1 Å². The quantitative estimate of drug-likeness (QED) is 0.376. The molecule has 2 atom stereocenters. The molecular weight excluding hydrogens is 472 g/mol. The standard InChI is InChI=1S/C26H29ClN2O6/c1-16-12-18(29(10-7-11-32-2)15-17-8-5-6-9-28-17)13-21(30)26(16)25(31)22-19(33-3)14-20(34-4)23(27)24(22)35-26/h5-6,8-9,13-14,16H,7,10-12,15H2,1-4H3. The molecule has 2 aromatic rings. The highest BCUT2D eigenvalue weighted by atomic mass is 35.5. The van der Waals surface area contributed by atoms with Crippen molar-refractivity contribution in [3.63, 3.8) is 0 Å². The summed E-state index contributed by atoms with van der Waals surface area (Å²) in [4.78, 5) is 33.9. The van der Waals surface area contributed by atoms with Crippen molar-refractivity contribution in [2.45, 2.75) is 31.9 Å². The van der Waals surface area contributed by atoms with E-state index >= 15 is 0 Å². The lowest BCUT2D eigenvalue weighted by Gasteiger charge is -2.38. The molecule has 8 nitrogen and oxygen atoms in total. The maximum absolute atomic E-state index is 13.7. The fraction of sp³-hybridized carbons (Fsp3) is 0.423. The maximum atomic E-state index is 13.7. The Morgan fingerprint density at radius 2 is 1.97 bits per heavy atom. The summed E-state index contributed by atoms with van der Waals surface area (Å²) in [6.07, 6.45) is 4.51. The van der Waals surface area contributed by atoms with E-state index in [2.05, 4.69) is 9.88 Å². The molecule has 1 spiro atoms. The van der Waals surface area contributed by atoms with Crippen molar-refractivity contribution in [2.75, 3.05) is 34.5 Å². The van der Waals surface area contributed by atoms with Gasteiger partial charge in [-0.2, -0.15) is 0 Å². The minimum atomic E-state index is -1.70. The van der Waals surface area contributed by atoms with E-state index in [1.165, 1.54) is 26.4 Å². The molecule has 2 unspecified atom stereocenters. The van der Waals surface area contributed by atoms with Gasteiger partial charge in [-0.3, -0.25) is 14.6 Å². The highest BCUT2D eigenvalue weighted by Gasteiger charge is 2.60. The second-order valence-corrected chi connectivity index (χ2v) is 9.04. The van der Waals surface area contributed by atoms with Crippen LogP contribution in [-0.4, -0.2) is 61.5 Å². The zero-order valence-corrected chi connectivity index (χ0v) is 21.1. The van der Waals surface area contributed by atoms with Crippen molar-refractivity contribution in [2.24, 2.45) is 5.92 Å². The summed E-state index contributed by atoms with van der Waals surface area (Å²) in [5.74, 6) is -0.626. The van der Waals surface area contributed by atoms with Gasteiger partial charge >= 0.3 is 0 Å². The Balaban J connectivity index is 1.69. The molecule has 0 amide bonds. The van der Waals surface area contributed by atoms with E-state index in [-0.39, 0.29) is 22.1 Å². The van der Waals surface area contributed by atoms with E-state index in [0.717, 1.165) is 17.8 Å². The second kappa shape index (κ2) is 10.3. The number of halogens is 1. The van der Waals surface area contributed by atoms with E-state index in [4.69, 9.17) is 30.5 Å². The first kappa shape index (κ1) is 25.0. The number of fused-ring (bicyclic) bond motifs is 1. The van der Waals surface area contributed by atoms with Gasteiger partial charge in [-0.25, -0.2) is 0 Å². The largest absolute Gasteiger partial charge is 0.496 e. The molecule has 0 bridgehead atoms. The van der Waals surface area contributed by atoms with Gasteiger partial charge in [0.2, 0.25) is 17.2 Å². The predicted octanol–water partition coefficient (Wildman–Crippen LogP) is 4.10. The summed E-state index contributed by atoms with van der Waals surface area (Å²) in [5.41, 5.74) is 0.187. The molecule has 186 valence electrons. The van der Waals surface area contributed by atoms with Gasteiger partial charge in [-0.05, 0) is 25.0 Å². The van der Waals surface area contributed by atoms with Crippen molar-refractivity contribution >= 4 is 23.2 Å². The van der Waals surface area contributed by atoms with Crippen molar-refractivity contribution in [3.05, 3.63) is 58.5 Å². The average molecular weight is 501 g/mol. The van der Waals surface area contributed by atoms with Crippen LogP contribution in [0.4, 0.5) is 0 Å². The SMILES string of the molecule is COCCCN(Cc1ccccn1)C1=CC(=O)C2(Oc3c(Cl)c(OC)cc(OC)c3C2=O)C(C)C1. The van der Waals surface area contributed by atoms with Crippen LogP contribution >= 0.6 is 11.6 Å². The lowest BCUT2D eigenvalue weighted by atomic mass is 9.74. The molecule has 2 aliphatic rings. The number of rotatable bonds is 9. The van der Waals surface area contributed by atoms with Crippen molar-refractivity contribution in [3.8, 4) is 17.2 Å². The summed E-state index contributed by atoms with van der Waals surface area (Å²) < 4.78 is 22.1. The first-order valence-electron chi connectivity index (χ1n) is 11.4. The third kappa shape index (κ3) is 4.36. The zero-order chi connectivity index (χ0) is 25.2. The van der Waals surface area contributed by atoms with Crippen LogP contribution in [0, 0.1) is 5.92 Å². The minimum absolute atomic E-state index is 0.121. The van der Waals surface area contributed by atoms with Gasteiger partial charge in [0.25, 0.3) is 0 Å². The number of ketones is 2. The van der Waals surface area contributed by atoms with E-state index in [0.29, 0.717) is 31.9 Å². The molecule has 0 saturated heterocycles. The number of benzene rings is 1. The maximum Gasteiger partial charge on any atom is 0.236 e. The van der Waals surface area contributed by atoms with E-state index < -0.39 is 23.1 Å². The minimum Gasteiger partial charge on any atom is -0.496 e. The van der Waals surface area contributed by atoms with Gasteiger partial charge in [0.15, 0.2) is 5.75 Å². The number of hydrogen-bond acceptors (Lipinski definition) is 8. The fourth-order valence-corrected chi connectivity index (χ4v) is 5.00. The van der Waals surface area contributed by atoms with Gasteiger partial charge in [0, 0.05) is 50.2 Å². The Morgan fingerprint density at radius 1 is 1.20 bits per heavy atom. The number of pyridine rings is 1. The molecule has 1 aliphatic heterocycles. The number of Topliss-reactive ketones (excluding diaryl/α,β-unsaturated/α-hetero) is 1. The summed E-state index contributed by atoms with van der Waals surface area (Å²) in [7, 11) is 4.57. The van der Waals surface area contributed by atoms with E-state index in [9.17, 15) is 9.59 Å². The number of carbonyl (C=O) groups excluding carboxylic acids is 2. The van der Waals surface area contributed by atoms with Gasteiger partial charge < -0.3 is 23.8 Å². The highest BCUT2D eigenvalue weighted by Crippen LogP contribution is 2.53. The molecule has 0 N–H and O–H groups in total. The number of allylic oxidation sites excluding steroid dienone is 1. The van der Waals surface area contributed by atoms with Crippen LogP contribution in [0.5, 0.6) is 17.2 Å². The third-order valence-electron chi connectivity index (χ3n) is 6.55. The molecule has 0 radical (unpaired) electrons. The average Bonchev–Trinajstić information content (AvgIpc) is 3.18. The zero-order valence-electron chi connectivity index (χ0n) is 20.3. The number of methoxy groups -OCH3 is 3. The first-order chi connectivity index (χ1) is 16.9. The Morgan fingerprint density at radius 3 is 2.60 bits per heavy atom. The Bertz CT molecular complexity index is 1150. The Kier molecular flexibility index (Phi) is 7.33. The smallest absolute Gasteiger partial charge is 0.236 e. The number of nitrogens with zero attached hydrogens (tertiary/aromatic N) is 2. The molecule has 35 heavy (non-hydrogen) atoms. The molecule has 2 heterocycles. The van der Waals surface area contributed by atoms with Crippen LogP contribution in [-0.2, 0) is 16.1 Å². The monoisotopic (exact) mass is 500 g/mol. The van der Waals surface area contributed by atoms with Gasteiger partial charge in [-0.1, -0.05) is 24.6 Å². The molecule has 4 rings (SSSR count). The molecule has 0 fully saturated rings. The molecule has 9 heteroatoms. The van der Waals surface area contributed by atoms with Crippen LogP contribution in [0.25, 0.3) is 0 Å². The molecule has 0 saturated carbocycles. The van der Waals surface area contributed by atoms with Gasteiger partial charge in [0.1, 0.15) is 22.1 Å². The van der Waals surface area contributed by atoms with Crippen molar-refractivity contribution in [1.29, 1.82) is 0 Å². The van der Waals surface area contributed by atoms with Gasteiger partial charge in [-0.15, -0.1) is 0 Å². The van der Waals surface area contributed by atoms with Crippen LogP contribution < -0.4 is 14.2 Å². The number of aromatic nitrogens is 1. The molecule has 1 aromatic carbocycles. The third-order valence-corrected chi connectivity index (χ3v) is 6.91. The van der Waals surface area contributed by atoms with Crippen molar-refractivity contribution < 1.29 is 28.5 Å². The number of ether oxygens (including phenoxy) is 4. The molecule has 1 aliphatic carbocycles. The Labute approximate surface area is 209 Å². The molecular formula is C26H29ClN2O6. The van der Waals surface area contributed by atoms with E-state index in [1.54, 1.807) is 13.3 Å². The first-order valence-corrected chi connectivity index (χ1v) is 11.8. The van der Waals surface area contributed by atoms with Crippen LogP contribution in [0.15, 0.2) is 42.2 Å². The summed E-state index contributed by atoms with van der Waals surface area (Å²) >= 11 is 6.48. The summed E-state index contributed by atoms with van der Waals surface area (Å²) in [6, 6.07) is 7.27. The number of carbonyl (C=O) groups is 2. The Hall–Kier alpha value is -3.10. The fourth-order valence-electron chi connectivity index (χ4n) is 4.74. The van der Waals surface area contributed by atoms with Crippen LogP contribution in [0.3, 0.4) is 0 Å². The second-order valence-electron chi connectivity index (χ2n) is 8.66. The lowest BCUT2D eigenvalue weighted by molar-refractivity contribution is -0.129. The predicted molar refractivity (Wildman–Crippen MR) is 130 cm³/mol. The topological polar surface area (TPSA) is 87.2 Å².